The van der Waals surface area contributed by atoms with Gasteiger partial charge in [0.15, 0.2) is 0 Å². The van der Waals surface area contributed by atoms with E-state index in [9.17, 15) is 8.42 Å². The van der Waals surface area contributed by atoms with E-state index in [1.54, 1.807) is 17.3 Å². The molecule has 1 aliphatic carbocycles. The van der Waals surface area contributed by atoms with E-state index in [1.807, 2.05) is 7.05 Å². The minimum absolute atomic E-state index is 0.200. The van der Waals surface area contributed by atoms with Crippen molar-refractivity contribution in [3.63, 3.8) is 0 Å². The summed E-state index contributed by atoms with van der Waals surface area (Å²) in [6.45, 7) is 2.94. The number of aryl methyl sites for hydroxylation is 1. The zero-order valence-electron chi connectivity index (χ0n) is 12.8. The molecule has 1 saturated heterocycles. The molecule has 0 radical (unpaired) electrons. The van der Waals surface area contributed by atoms with Crippen LogP contribution in [0.1, 0.15) is 43.6 Å². The van der Waals surface area contributed by atoms with Gasteiger partial charge in [-0.1, -0.05) is 12.8 Å². The maximum Gasteiger partial charge on any atom is 0.246 e. The lowest BCUT2D eigenvalue weighted by Gasteiger charge is -2.30. The Hall–Kier alpha value is -0.850. The van der Waals surface area contributed by atoms with Gasteiger partial charge in [0.25, 0.3) is 0 Å². The highest BCUT2D eigenvalue weighted by atomic mass is 32.2. The summed E-state index contributed by atoms with van der Waals surface area (Å²) in [5, 5.41) is 2.99. The van der Waals surface area contributed by atoms with E-state index in [1.165, 1.54) is 12.8 Å². The number of hydrogen-bond donors (Lipinski definition) is 1. The molecule has 1 N–H and O–H groups in total. The molecule has 3 rings (SSSR count). The van der Waals surface area contributed by atoms with E-state index in [0.29, 0.717) is 35.4 Å². The van der Waals surface area contributed by atoms with E-state index in [-0.39, 0.29) is 6.04 Å². The monoisotopic (exact) mass is 312 g/mol. The average molecular weight is 312 g/mol. The number of fused-ring (bicyclic) bond motifs is 1. The molecular weight excluding hydrogens is 288 g/mol. The number of sulfonamides is 1. The van der Waals surface area contributed by atoms with Gasteiger partial charge in [0.2, 0.25) is 10.0 Å². The Bertz CT molecular complexity index is 608. The first-order valence-electron chi connectivity index (χ1n) is 7.80. The summed E-state index contributed by atoms with van der Waals surface area (Å²) in [5.74, 6) is 1.73. The Balaban J connectivity index is 1.90. The Labute approximate surface area is 126 Å². The van der Waals surface area contributed by atoms with E-state index < -0.39 is 10.0 Å². The van der Waals surface area contributed by atoms with Gasteiger partial charge in [-0.25, -0.2) is 8.42 Å². The van der Waals surface area contributed by atoms with Crippen LogP contribution in [-0.4, -0.2) is 32.4 Å². The first-order valence-corrected chi connectivity index (χ1v) is 9.24. The molecule has 2 heterocycles. The smallest absolute Gasteiger partial charge is 0.246 e. The predicted octanol–water partition coefficient (Wildman–Crippen LogP) is 2.26. The van der Waals surface area contributed by atoms with Crippen LogP contribution in [0, 0.1) is 12.8 Å². The summed E-state index contributed by atoms with van der Waals surface area (Å²) in [6, 6.07) is 1.88. The van der Waals surface area contributed by atoms with Crippen molar-refractivity contribution < 1.29 is 12.8 Å². The zero-order chi connectivity index (χ0) is 15.0. The fraction of sp³-hybridized carbons (Fsp3) is 0.733. The topological polar surface area (TPSA) is 62.6 Å². The molecule has 1 saturated carbocycles. The minimum Gasteiger partial charge on any atom is -0.464 e. The van der Waals surface area contributed by atoms with Crippen molar-refractivity contribution in [1.82, 2.24) is 9.62 Å². The van der Waals surface area contributed by atoms with E-state index in [2.05, 4.69) is 5.32 Å². The lowest BCUT2D eigenvalue weighted by Crippen LogP contribution is -2.39. The predicted molar refractivity (Wildman–Crippen MR) is 80.5 cm³/mol. The second-order valence-corrected chi connectivity index (χ2v) is 8.04. The summed E-state index contributed by atoms with van der Waals surface area (Å²) < 4.78 is 33.2. The van der Waals surface area contributed by atoms with Crippen LogP contribution in [0.2, 0.25) is 0 Å². The largest absolute Gasteiger partial charge is 0.464 e. The fourth-order valence-electron chi connectivity index (χ4n) is 3.83. The van der Waals surface area contributed by atoms with Crippen LogP contribution >= 0.6 is 0 Å². The molecule has 2 unspecified atom stereocenters. The summed E-state index contributed by atoms with van der Waals surface area (Å²) in [7, 11) is -1.61. The Morgan fingerprint density at radius 3 is 2.86 bits per heavy atom. The van der Waals surface area contributed by atoms with Crippen molar-refractivity contribution in [2.24, 2.45) is 5.92 Å². The van der Waals surface area contributed by atoms with Crippen LogP contribution in [0.4, 0.5) is 0 Å². The zero-order valence-corrected chi connectivity index (χ0v) is 13.6. The van der Waals surface area contributed by atoms with Gasteiger partial charge in [-0.2, -0.15) is 4.31 Å². The van der Waals surface area contributed by atoms with Gasteiger partial charge in [-0.3, -0.25) is 0 Å². The molecule has 0 bridgehead atoms. The van der Waals surface area contributed by atoms with Crippen LogP contribution in [0.25, 0.3) is 0 Å². The van der Waals surface area contributed by atoms with Gasteiger partial charge >= 0.3 is 0 Å². The van der Waals surface area contributed by atoms with Gasteiger partial charge in [-0.15, -0.1) is 0 Å². The molecule has 5 nitrogen and oxygen atoms in total. The van der Waals surface area contributed by atoms with Crippen molar-refractivity contribution in [2.45, 2.75) is 56.5 Å². The lowest BCUT2D eigenvalue weighted by molar-refractivity contribution is 0.260. The highest BCUT2D eigenvalue weighted by molar-refractivity contribution is 7.89. The molecule has 6 heteroatoms. The Morgan fingerprint density at radius 1 is 1.33 bits per heavy atom. The standard InChI is InChI=1S/C15H24N2O3S/c1-11-15(9-13(20-11)10-16-2)21(18,19)17-8-7-12-5-3-4-6-14(12)17/h9,12,14,16H,3-8,10H2,1-2H3. The molecule has 2 atom stereocenters. The van der Waals surface area contributed by atoms with Crippen molar-refractivity contribution in [3.8, 4) is 0 Å². The van der Waals surface area contributed by atoms with Gasteiger partial charge in [0.1, 0.15) is 16.4 Å². The number of hydrogen-bond acceptors (Lipinski definition) is 4. The summed E-state index contributed by atoms with van der Waals surface area (Å²) in [5.41, 5.74) is 0. The maximum absolute atomic E-state index is 13.0. The molecule has 118 valence electrons. The Morgan fingerprint density at radius 2 is 2.10 bits per heavy atom. The summed E-state index contributed by atoms with van der Waals surface area (Å²) >= 11 is 0. The molecule has 2 aliphatic rings. The molecule has 2 fully saturated rings. The second kappa shape index (κ2) is 5.74. The quantitative estimate of drug-likeness (QED) is 0.926. The SMILES string of the molecule is CNCc1cc(S(=O)(=O)N2CCC3CCCCC32)c(C)o1. The highest BCUT2D eigenvalue weighted by Crippen LogP contribution is 2.39. The van der Waals surface area contributed by atoms with Crippen molar-refractivity contribution >= 4 is 10.0 Å². The van der Waals surface area contributed by atoms with E-state index >= 15 is 0 Å². The molecular formula is C15H24N2O3S. The third-order valence-electron chi connectivity index (χ3n) is 4.82. The van der Waals surface area contributed by atoms with E-state index in [0.717, 1.165) is 19.3 Å². The molecule has 0 spiro atoms. The third kappa shape index (κ3) is 2.64. The number of nitrogens with zero attached hydrogens (tertiary/aromatic N) is 1. The number of rotatable bonds is 4. The van der Waals surface area contributed by atoms with Crippen LogP contribution in [0.5, 0.6) is 0 Å². The number of nitrogens with one attached hydrogen (secondary N) is 1. The molecule has 1 aliphatic heterocycles. The fourth-order valence-corrected chi connectivity index (χ4v) is 5.75. The third-order valence-corrected chi connectivity index (χ3v) is 6.85. The van der Waals surface area contributed by atoms with E-state index in [4.69, 9.17) is 4.42 Å². The summed E-state index contributed by atoms with van der Waals surface area (Å²) in [6.07, 6.45) is 5.56. The van der Waals surface area contributed by atoms with Gasteiger partial charge in [-0.05, 0) is 39.2 Å². The van der Waals surface area contributed by atoms with Crippen molar-refractivity contribution in [3.05, 3.63) is 17.6 Å². The van der Waals surface area contributed by atoms with Crippen LogP contribution in [0.15, 0.2) is 15.4 Å². The van der Waals surface area contributed by atoms with Gasteiger partial charge in [0.05, 0.1) is 6.54 Å². The van der Waals surface area contributed by atoms with Gasteiger partial charge in [0, 0.05) is 18.7 Å². The lowest BCUT2D eigenvalue weighted by atomic mass is 9.86. The van der Waals surface area contributed by atoms with Crippen LogP contribution < -0.4 is 5.32 Å². The van der Waals surface area contributed by atoms with Gasteiger partial charge < -0.3 is 9.73 Å². The maximum atomic E-state index is 13.0. The average Bonchev–Trinajstić information content (AvgIpc) is 3.03. The van der Waals surface area contributed by atoms with Crippen molar-refractivity contribution in [1.29, 1.82) is 0 Å². The molecule has 1 aromatic rings. The minimum atomic E-state index is -3.43. The molecule has 0 amide bonds. The summed E-state index contributed by atoms with van der Waals surface area (Å²) in [4.78, 5) is 0.346. The normalized spacial score (nSPS) is 27.0. The van der Waals surface area contributed by atoms with Crippen LogP contribution in [-0.2, 0) is 16.6 Å². The first-order chi connectivity index (χ1) is 10.0. The first kappa shape index (κ1) is 15.1. The molecule has 0 aromatic carbocycles. The van der Waals surface area contributed by atoms with Crippen molar-refractivity contribution in [2.75, 3.05) is 13.6 Å². The number of furan rings is 1. The van der Waals surface area contributed by atoms with Crippen LogP contribution in [0.3, 0.4) is 0 Å². The second-order valence-electron chi connectivity index (χ2n) is 6.18. The highest BCUT2D eigenvalue weighted by Gasteiger charge is 2.43. The molecule has 21 heavy (non-hydrogen) atoms. The molecule has 1 aromatic heterocycles. The Kier molecular flexibility index (Phi) is 4.12.